The van der Waals surface area contributed by atoms with Crippen LogP contribution in [0.2, 0.25) is 18.1 Å². The maximum absolute atomic E-state index is 6.54. The molecule has 0 fully saturated rings. The number of ether oxygens (including phenoxy) is 1. The Balaban J connectivity index is 2.15. The molecule has 1 aliphatic carbocycles. The van der Waals surface area contributed by atoms with Crippen molar-refractivity contribution in [2.24, 2.45) is 0 Å². The molecule has 0 aromatic heterocycles. The Morgan fingerprint density at radius 2 is 1.94 bits per heavy atom. The van der Waals surface area contributed by atoms with Crippen LogP contribution in [0.15, 0.2) is 11.5 Å². The van der Waals surface area contributed by atoms with Crippen LogP contribution in [0.3, 0.4) is 0 Å². The number of allylic oxidation sites excluding steroid dienone is 1. The Kier molecular flexibility index (Phi) is 2.56. The third-order valence-corrected chi connectivity index (χ3v) is 8.83. The van der Waals surface area contributed by atoms with E-state index in [4.69, 9.17) is 9.16 Å². The van der Waals surface area contributed by atoms with Crippen molar-refractivity contribution in [1.29, 1.82) is 0 Å². The first-order valence-electron chi connectivity index (χ1n) is 6.27. The molecule has 0 amide bonds. The third kappa shape index (κ3) is 1.95. The second-order valence-corrected chi connectivity index (χ2v) is 11.5. The fourth-order valence-electron chi connectivity index (χ4n) is 2.18. The molecular formula is C13H24O2Si. The molecule has 92 valence electrons. The van der Waals surface area contributed by atoms with Gasteiger partial charge in [-0.25, -0.2) is 0 Å². The molecule has 16 heavy (non-hydrogen) atoms. The molecule has 1 unspecified atom stereocenters. The molecular weight excluding hydrogens is 216 g/mol. The van der Waals surface area contributed by atoms with Gasteiger partial charge in [0.25, 0.3) is 0 Å². The smallest absolute Gasteiger partial charge is 0.193 e. The van der Waals surface area contributed by atoms with Crippen LogP contribution < -0.4 is 0 Å². The zero-order valence-corrected chi connectivity index (χ0v) is 12.4. The molecule has 0 bridgehead atoms. The molecule has 0 saturated heterocycles. The van der Waals surface area contributed by atoms with Crippen molar-refractivity contribution in [1.82, 2.24) is 0 Å². The molecule has 0 radical (unpaired) electrons. The minimum Gasteiger partial charge on any atom is -0.456 e. The lowest BCUT2D eigenvalue weighted by Gasteiger charge is -2.43. The van der Waals surface area contributed by atoms with Gasteiger partial charge in [-0.15, -0.1) is 0 Å². The monoisotopic (exact) mass is 240 g/mol. The van der Waals surface area contributed by atoms with Gasteiger partial charge in [0.1, 0.15) is 11.4 Å². The Morgan fingerprint density at radius 1 is 1.31 bits per heavy atom. The van der Waals surface area contributed by atoms with E-state index in [9.17, 15) is 0 Å². The Labute approximate surface area is 100 Å². The average molecular weight is 240 g/mol. The van der Waals surface area contributed by atoms with Gasteiger partial charge in [-0.3, -0.25) is 0 Å². The van der Waals surface area contributed by atoms with Gasteiger partial charge in [0.05, 0.1) is 0 Å². The van der Waals surface area contributed by atoms with Gasteiger partial charge in [0.15, 0.2) is 14.1 Å². The molecule has 0 aromatic carbocycles. The summed E-state index contributed by atoms with van der Waals surface area (Å²) in [5.41, 5.74) is -0.128. The fourth-order valence-corrected chi connectivity index (χ4v) is 3.81. The Hall–Kier alpha value is -0.283. The zero-order valence-electron chi connectivity index (χ0n) is 11.4. The molecule has 3 heteroatoms. The van der Waals surface area contributed by atoms with E-state index in [1.54, 1.807) is 0 Å². The summed E-state index contributed by atoms with van der Waals surface area (Å²) in [5, 5.41) is 0.267. The highest BCUT2D eigenvalue weighted by molar-refractivity contribution is 6.74. The summed E-state index contributed by atoms with van der Waals surface area (Å²) in [6, 6.07) is 0. The van der Waals surface area contributed by atoms with Gasteiger partial charge in [0, 0.05) is 6.42 Å². The first-order valence-corrected chi connectivity index (χ1v) is 9.18. The predicted octanol–water partition coefficient (Wildman–Crippen LogP) is 4.19. The van der Waals surface area contributed by atoms with Crippen molar-refractivity contribution in [2.45, 2.75) is 70.7 Å². The fraction of sp³-hybridized carbons (Fsp3) is 0.846. The lowest BCUT2D eigenvalue weighted by atomic mass is 9.93. The largest absolute Gasteiger partial charge is 0.456 e. The summed E-state index contributed by atoms with van der Waals surface area (Å²) in [4.78, 5) is 0. The van der Waals surface area contributed by atoms with Crippen LogP contribution in [0.4, 0.5) is 0 Å². The van der Waals surface area contributed by atoms with Gasteiger partial charge in [-0.1, -0.05) is 20.8 Å². The summed E-state index contributed by atoms with van der Waals surface area (Å²) in [6.45, 7) is 13.7. The molecule has 0 saturated carbocycles. The van der Waals surface area contributed by atoms with E-state index in [0.717, 1.165) is 18.6 Å². The van der Waals surface area contributed by atoms with E-state index in [-0.39, 0.29) is 10.6 Å². The molecule has 1 aliphatic heterocycles. The van der Waals surface area contributed by atoms with Crippen LogP contribution in [-0.4, -0.2) is 13.9 Å². The highest BCUT2D eigenvalue weighted by Crippen LogP contribution is 2.51. The van der Waals surface area contributed by atoms with Gasteiger partial charge in [0.2, 0.25) is 0 Å². The van der Waals surface area contributed by atoms with Crippen LogP contribution >= 0.6 is 0 Å². The first-order chi connectivity index (χ1) is 7.16. The van der Waals surface area contributed by atoms with E-state index in [1.165, 1.54) is 12.2 Å². The molecule has 2 rings (SSSR count). The maximum atomic E-state index is 6.54. The van der Waals surface area contributed by atoms with Crippen molar-refractivity contribution in [2.75, 3.05) is 0 Å². The van der Waals surface area contributed by atoms with E-state index in [1.807, 2.05) is 0 Å². The van der Waals surface area contributed by atoms with Crippen LogP contribution in [0, 0.1) is 0 Å². The number of hydrogen-bond acceptors (Lipinski definition) is 2. The van der Waals surface area contributed by atoms with Crippen LogP contribution in [0.5, 0.6) is 0 Å². The molecule has 0 spiro atoms. The van der Waals surface area contributed by atoms with E-state index in [2.05, 4.69) is 40.8 Å². The van der Waals surface area contributed by atoms with E-state index < -0.39 is 8.32 Å². The predicted molar refractivity (Wildman–Crippen MR) is 68.6 cm³/mol. The van der Waals surface area contributed by atoms with E-state index >= 15 is 0 Å². The lowest BCUT2D eigenvalue weighted by molar-refractivity contribution is 0.0819. The normalized spacial score (nSPS) is 29.9. The summed E-state index contributed by atoms with van der Waals surface area (Å²) in [5.74, 6) is 2.34. The molecule has 2 nitrogen and oxygen atoms in total. The molecule has 1 heterocycles. The zero-order chi connectivity index (χ0) is 12.2. The van der Waals surface area contributed by atoms with E-state index in [0.29, 0.717) is 0 Å². The molecule has 0 N–H and O–H groups in total. The summed E-state index contributed by atoms with van der Waals surface area (Å²) in [7, 11) is -1.69. The maximum Gasteiger partial charge on any atom is 0.193 e. The average Bonchev–Trinajstić information content (AvgIpc) is 2.80. The van der Waals surface area contributed by atoms with Gasteiger partial charge in [-0.2, -0.15) is 0 Å². The van der Waals surface area contributed by atoms with Crippen LogP contribution in [0.1, 0.15) is 47.0 Å². The van der Waals surface area contributed by atoms with Gasteiger partial charge >= 0.3 is 0 Å². The molecule has 2 aliphatic rings. The minimum absolute atomic E-state index is 0.128. The summed E-state index contributed by atoms with van der Waals surface area (Å²) in [6.07, 6.45) is 3.42. The quantitative estimate of drug-likeness (QED) is 0.675. The van der Waals surface area contributed by atoms with Crippen molar-refractivity contribution in [3.8, 4) is 0 Å². The standard InChI is InChI=1S/C13H24O2Si/c1-12(2,3)16(5,6)15-13(4)9-7-8-10-11(13)14-10/h7-9H2,1-6H3. The number of hydrogen-bond donors (Lipinski definition) is 0. The van der Waals surface area contributed by atoms with Crippen molar-refractivity contribution in [3.63, 3.8) is 0 Å². The number of rotatable bonds is 2. The van der Waals surface area contributed by atoms with Crippen LogP contribution in [0.25, 0.3) is 0 Å². The van der Waals surface area contributed by atoms with Crippen LogP contribution in [-0.2, 0) is 9.16 Å². The second kappa shape index (κ2) is 3.36. The van der Waals surface area contributed by atoms with Gasteiger partial charge < -0.3 is 9.16 Å². The highest BCUT2D eigenvalue weighted by Gasteiger charge is 2.51. The molecule has 0 aromatic rings. The second-order valence-electron chi connectivity index (χ2n) is 6.80. The highest BCUT2D eigenvalue weighted by atomic mass is 28.4. The summed E-state index contributed by atoms with van der Waals surface area (Å²) >= 11 is 0. The minimum atomic E-state index is -1.69. The third-order valence-electron chi connectivity index (χ3n) is 4.26. The lowest BCUT2D eigenvalue weighted by Crippen LogP contribution is -2.48. The Morgan fingerprint density at radius 3 is 2.50 bits per heavy atom. The topological polar surface area (TPSA) is 21.8 Å². The SMILES string of the molecule is CC1(O[Si](C)(C)C(C)(C)C)CCCC2=C1O2. The van der Waals surface area contributed by atoms with Crippen molar-refractivity contribution in [3.05, 3.63) is 11.5 Å². The van der Waals surface area contributed by atoms with Crippen molar-refractivity contribution >= 4 is 8.32 Å². The Bertz CT molecular complexity index is 338. The van der Waals surface area contributed by atoms with Crippen molar-refractivity contribution < 1.29 is 9.16 Å². The summed E-state index contributed by atoms with van der Waals surface area (Å²) < 4.78 is 12.1. The first kappa shape index (κ1) is 12.2. The molecule has 1 atom stereocenters. The van der Waals surface area contributed by atoms with Gasteiger partial charge in [-0.05, 0) is 37.9 Å².